The average Bonchev–Trinajstić information content (AvgIpc) is 2.44. The third-order valence-electron chi connectivity index (χ3n) is 2.83. The summed E-state index contributed by atoms with van der Waals surface area (Å²) >= 11 is 0. The van der Waals surface area contributed by atoms with Gasteiger partial charge in [-0.3, -0.25) is 9.59 Å². The predicted octanol–water partition coefficient (Wildman–Crippen LogP) is 1.08. The summed E-state index contributed by atoms with van der Waals surface area (Å²) < 4.78 is 4.86. The van der Waals surface area contributed by atoms with Crippen molar-refractivity contribution in [3.05, 3.63) is 35.4 Å². The van der Waals surface area contributed by atoms with Gasteiger partial charge in [0.15, 0.2) is 5.78 Å². The smallest absolute Gasteiger partial charge is 0.307 e. The number of benzene rings is 1. The van der Waals surface area contributed by atoms with Crippen molar-refractivity contribution in [1.29, 1.82) is 0 Å². The molecule has 5 nitrogen and oxygen atoms in total. The van der Waals surface area contributed by atoms with Crippen LogP contribution in [0.3, 0.4) is 0 Å². The zero-order valence-corrected chi connectivity index (χ0v) is 11.9. The Morgan fingerprint density at radius 2 is 1.95 bits per heavy atom. The van der Waals surface area contributed by atoms with Crippen LogP contribution in [0.1, 0.15) is 29.3 Å². The van der Waals surface area contributed by atoms with Crippen molar-refractivity contribution in [2.45, 2.75) is 26.3 Å². The van der Waals surface area contributed by atoms with Gasteiger partial charge >= 0.3 is 5.97 Å². The summed E-state index contributed by atoms with van der Waals surface area (Å²) in [6.45, 7) is 4.09. The molecule has 110 valence electrons. The van der Waals surface area contributed by atoms with E-state index < -0.39 is 12.0 Å². The van der Waals surface area contributed by atoms with Crippen molar-refractivity contribution < 1.29 is 19.4 Å². The van der Waals surface area contributed by atoms with Crippen molar-refractivity contribution in [3.8, 4) is 0 Å². The van der Waals surface area contributed by atoms with E-state index >= 15 is 0 Å². The summed E-state index contributed by atoms with van der Waals surface area (Å²) in [5.74, 6) is -0.602. The molecule has 1 rings (SSSR count). The van der Waals surface area contributed by atoms with Gasteiger partial charge in [-0.1, -0.05) is 29.8 Å². The molecule has 2 N–H and O–H groups in total. The van der Waals surface area contributed by atoms with Crippen molar-refractivity contribution in [2.24, 2.45) is 0 Å². The van der Waals surface area contributed by atoms with Gasteiger partial charge in [0.25, 0.3) is 0 Å². The van der Waals surface area contributed by atoms with E-state index in [1.54, 1.807) is 19.1 Å². The molecule has 0 aliphatic heterocycles. The molecular weight excluding hydrogens is 258 g/mol. The Morgan fingerprint density at radius 3 is 2.50 bits per heavy atom. The van der Waals surface area contributed by atoms with Gasteiger partial charge in [0.1, 0.15) is 0 Å². The highest BCUT2D eigenvalue weighted by Gasteiger charge is 2.23. The highest BCUT2D eigenvalue weighted by molar-refractivity contribution is 6.01. The van der Waals surface area contributed by atoms with Gasteiger partial charge in [0.05, 0.1) is 25.7 Å². The first-order valence-corrected chi connectivity index (χ1v) is 6.69. The minimum atomic E-state index is -0.677. The van der Waals surface area contributed by atoms with Crippen molar-refractivity contribution >= 4 is 11.8 Å². The Balaban J connectivity index is 2.77. The molecule has 0 spiro atoms. The second-order valence-corrected chi connectivity index (χ2v) is 4.47. The number of hydrogen-bond acceptors (Lipinski definition) is 5. The number of Topliss-reactive ketones (excluding diaryl/α,β-unsaturated/α-hetero) is 1. The van der Waals surface area contributed by atoms with Gasteiger partial charge in [-0.2, -0.15) is 0 Å². The van der Waals surface area contributed by atoms with Crippen LogP contribution in [0, 0.1) is 6.92 Å². The first-order chi connectivity index (χ1) is 9.58. The lowest BCUT2D eigenvalue weighted by molar-refractivity contribution is -0.143. The van der Waals surface area contributed by atoms with E-state index in [4.69, 9.17) is 9.84 Å². The predicted molar refractivity (Wildman–Crippen MR) is 75.6 cm³/mol. The molecule has 0 saturated carbocycles. The van der Waals surface area contributed by atoms with E-state index in [1.165, 1.54) is 0 Å². The van der Waals surface area contributed by atoms with Gasteiger partial charge in [-0.15, -0.1) is 0 Å². The molecule has 5 heteroatoms. The molecule has 0 fully saturated rings. The molecule has 0 radical (unpaired) electrons. The summed E-state index contributed by atoms with van der Waals surface area (Å²) in [5.41, 5.74) is 1.60. The lowest BCUT2D eigenvalue weighted by Crippen LogP contribution is -2.40. The topological polar surface area (TPSA) is 75.6 Å². The van der Waals surface area contributed by atoms with E-state index in [9.17, 15) is 9.59 Å². The zero-order chi connectivity index (χ0) is 15.0. The summed E-state index contributed by atoms with van der Waals surface area (Å²) in [5, 5.41) is 11.7. The lowest BCUT2D eigenvalue weighted by atomic mass is 10.0. The number of carbonyl (C=O) groups is 2. The van der Waals surface area contributed by atoms with Gasteiger partial charge in [-0.05, 0) is 13.8 Å². The molecule has 0 aliphatic rings. The normalized spacial score (nSPS) is 11.9. The highest BCUT2D eigenvalue weighted by atomic mass is 16.5. The van der Waals surface area contributed by atoms with Gasteiger partial charge in [0.2, 0.25) is 0 Å². The number of hydrogen-bond donors (Lipinski definition) is 2. The molecule has 0 saturated heterocycles. The summed E-state index contributed by atoms with van der Waals surface area (Å²) in [7, 11) is 0. The first kappa shape index (κ1) is 16.3. The fourth-order valence-electron chi connectivity index (χ4n) is 1.80. The maximum absolute atomic E-state index is 12.3. The molecule has 20 heavy (non-hydrogen) atoms. The third-order valence-corrected chi connectivity index (χ3v) is 2.83. The van der Waals surface area contributed by atoms with Crippen LogP contribution < -0.4 is 5.32 Å². The number of carbonyl (C=O) groups excluding carboxylic acids is 2. The lowest BCUT2D eigenvalue weighted by Gasteiger charge is -2.16. The highest BCUT2D eigenvalue weighted by Crippen LogP contribution is 2.09. The molecule has 0 aliphatic carbocycles. The molecule has 0 amide bonds. The number of rotatable bonds is 8. The number of nitrogens with one attached hydrogen (secondary N) is 1. The Morgan fingerprint density at radius 1 is 1.30 bits per heavy atom. The largest absolute Gasteiger partial charge is 0.466 e. The number of aliphatic hydroxyl groups is 1. The summed E-state index contributed by atoms with van der Waals surface area (Å²) in [4.78, 5) is 23.9. The second kappa shape index (κ2) is 8.45. The van der Waals surface area contributed by atoms with Crippen molar-refractivity contribution in [1.82, 2.24) is 5.32 Å². The molecule has 0 aromatic heterocycles. The average molecular weight is 279 g/mol. The Bertz CT molecular complexity index is 442. The molecule has 1 aromatic carbocycles. The van der Waals surface area contributed by atoms with E-state index in [2.05, 4.69) is 5.32 Å². The molecular formula is C15H21NO4. The number of ether oxygens (including phenoxy) is 1. The van der Waals surface area contributed by atoms with Crippen LogP contribution in [0.5, 0.6) is 0 Å². The zero-order valence-electron chi connectivity index (χ0n) is 11.9. The standard InChI is InChI=1S/C15H21NO4/c1-3-20-14(18)10-13(16-8-9-17)15(19)12-6-4-11(2)5-7-12/h4-7,13,16-17H,3,8-10H2,1-2H3. The Kier molecular flexibility index (Phi) is 6.90. The Labute approximate surface area is 118 Å². The van der Waals surface area contributed by atoms with Gasteiger partial charge < -0.3 is 15.2 Å². The Hall–Kier alpha value is -1.72. The number of aryl methyl sites for hydroxylation is 1. The van der Waals surface area contributed by atoms with E-state index in [1.807, 2.05) is 19.1 Å². The quantitative estimate of drug-likeness (QED) is 0.550. The minimum absolute atomic E-state index is 0.0411. The molecule has 0 heterocycles. The summed E-state index contributed by atoms with van der Waals surface area (Å²) in [6, 6.07) is 6.48. The molecule has 1 unspecified atom stereocenters. The number of aliphatic hydroxyl groups excluding tert-OH is 1. The SMILES string of the molecule is CCOC(=O)CC(NCCO)C(=O)c1ccc(C)cc1. The first-order valence-electron chi connectivity index (χ1n) is 6.69. The van der Waals surface area contributed by atoms with E-state index in [0.29, 0.717) is 5.56 Å². The van der Waals surface area contributed by atoms with Crippen LogP contribution >= 0.6 is 0 Å². The molecule has 0 bridgehead atoms. The maximum Gasteiger partial charge on any atom is 0.307 e. The fraction of sp³-hybridized carbons (Fsp3) is 0.467. The van der Waals surface area contributed by atoms with E-state index in [-0.39, 0.29) is 32.0 Å². The van der Waals surface area contributed by atoms with E-state index in [0.717, 1.165) is 5.56 Å². The van der Waals surface area contributed by atoms with Gasteiger partial charge in [0, 0.05) is 12.1 Å². The van der Waals surface area contributed by atoms with Gasteiger partial charge in [-0.25, -0.2) is 0 Å². The van der Waals surface area contributed by atoms with Crippen LogP contribution in [0.2, 0.25) is 0 Å². The maximum atomic E-state index is 12.3. The number of ketones is 1. The van der Waals surface area contributed by atoms with Crippen LogP contribution in [-0.4, -0.2) is 42.7 Å². The number of esters is 1. The van der Waals surface area contributed by atoms with Crippen molar-refractivity contribution in [2.75, 3.05) is 19.8 Å². The van der Waals surface area contributed by atoms with Crippen LogP contribution in [0.4, 0.5) is 0 Å². The third kappa shape index (κ3) is 5.11. The fourth-order valence-corrected chi connectivity index (χ4v) is 1.80. The van der Waals surface area contributed by atoms with Crippen LogP contribution in [0.15, 0.2) is 24.3 Å². The van der Waals surface area contributed by atoms with Crippen LogP contribution in [0.25, 0.3) is 0 Å². The minimum Gasteiger partial charge on any atom is -0.466 e. The van der Waals surface area contributed by atoms with Crippen molar-refractivity contribution in [3.63, 3.8) is 0 Å². The monoisotopic (exact) mass is 279 g/mol. The van der Waals surface area contributed by atoms with Crippen LogP contribution in [-0.2, 0) is 9.53 Å². The summed E-state index contributed by atoms with van der Waals surface area (Å²) in [6.07, 6.45) is -0.0411. The molecule has 1 aromatic rings. The molecule has 1 atom stereocenters. The second-order valence-electron chi connectivity index (χ2n) is 4.47.